The molecular formula is C30H24N2O. The van der Waals surface area contributed by atoms with Crippen molar-refractivity contribution in [1.82, 2.24) is 9.97 Å². The van der Waals surface area contributed by atoms with Gasteiger partial charge >= 0.3 is 0 Å². The van der Waals surface area contributed by atoms with E-state index in [1.165, 1.54) is 43.2 Å². The van der Waals surface area contributed by atoms with E-state index in [1.807, 2.05) is 12.3 Å². The minimum Gasteiger partial charge on any atom is -0.457 e. The van der Waals surface area contributed by atoms with Gasteiger partial charge in [-0.05, 0) is 49.2 Å². The third-order valence-corrected chi connectivity index (χ3v) is 7.55. The van der Waals surface area contributed by atoms with Gasteiger partial charge in [-0.15, -0.1) is 0 Å². The van der Waals surface area contributed by atoms with Crippen LogP contribution in [0.3, 0.4) is 0 Å². The monoisotopic (exact) mass is 428 g/mol. The van der Waals surface area contributed by atoms with Crippen molar-refractivity contribution < 1.29 is 4.74 Å². The predicted octanol–water partition coefficient (Wildman–Crippen LogP) is 7.81. The summed E-state index contributed by atoms with van der Waals surface area (Å²) in [5.74, 6) is 2.01. The third-order valence-electron chi connectivity index (χ3n) is 7.55. The third kappa shape index (κ3) is 2.82. The normalized spacial score (nSPS) is 16.4. The van der Waals surface area contributed by atoms with Crippen LogP contribution in [0.4, 0.5) is 0 Å². The Morgan fingerprint density at radius 3 is 2.36 bits per heavy atom. The molecule has 1 aliphatic heterocycles. The van der Waals surface area contributed by atoms with Crippen molar-refractivity contribution in [3.63, 3.8) is 0 Å². The van der Waals surface area contributed by atoms with Gasteiger partial charge in [0.2, 0.25) is 0 Å². The Morgan fingerprint density at radius 1 is 0.667 bits per heavy atom. The highest BCUT2D eigenvalue weighted by atomic mass is 16.5. The fourth-order valence-electron chi connectivity index (χ4n) is 5.95. The molecule has 3 heterocycles. The second-order valence-electron chi connectivity index (χ2n) is 9.36. The maximum atomic E-state index is 6.39. The summed E-state index contributed by atoms with van der Waals surface area (Å²) in [6, 6.07) is 27.8. The van der Waals surface area contributed by atoms with E-state index < -0.39 is 0 Å². The van der Waals surface area contributed by atoms with Gasteiger partial charge < -0.3 is 4.74 Å². The van der Waals surface area contributed by atoms with E-state index in [0.29, 0.717) is 0 Å². The van der Waals surface area contributed by atoms with E-state index >= 15 is 0 Å². The van der Waals surface area contributed by atoms with Gasteiger partial charge in [0.05, 0.1) is 16.7 Å². The Balaban J connectivity index is 1.42. The first-order valence-corrected chi connectivity index (χ1v) is 11.9. The lowest BCUT2D eigenvalue weighted by atomic mass is 9.63. The van der Waals surface area contributed by atoms with Gasteiger partial charge in [-0.1, -0.05) is 61.7 Å². The molecule has 1 fully saturated rings. The van der Waals surface area contributed by atoms with Crippen molar-refractivity contribution in [3.8, 4) is 22.8 Å². The molecule has 1 spiro atoms. The molecule has 0 atom stereocenters. The van der Waals surface area contributed by atoms with Gasteiger partial charge in [0.1, 0.15) is 11.5 Å². The summed E-state index contributed by atoms with van der Waals surface area (Å²) < 4.78 is 6.39. The average molecular weight is 429 g/mol. The van der Waals surface area contributed by atoms with Crippen molar-refractivity contribution in [2.75, 3.05) is 0 Å². The molecule has 0 saturated heterocycles. The quantitative estimate of drug-likeness (QED) is 0.255. The number of fused-ring (bicyclic) bond motifs is 7. The molecule has 2 aromatic heterocycles. The molecule has 0 amide bonds. The first-order valence-electron chi connectivity index (χ1n) is 11.9. The molecule has 3 nitrogen and oxygen atoms in total. The van der Waals surface area contributed by atoms with E-state index in [4.69, 9.17) is 9.72 Å². The molecule has 0 bridgehead atoms. The largest absolute Gasteiger partial charge is 0.457 e. The number of para-hydroxylation sites is 1. The van der Waals surface area contributed by atoms with Crippen LogP contribution in [0.25, 0.3) is 33.1 Å². The van der Waals surface area contributed by atoms with E-state index in [0.717, 1.165) is 44.6 Å². The van der Waals surface area contributed by atoms with Gasteiger partial charge in [0.25, 0.3) is 0 Å². The molecule has 7 rings (SSSR count). The van der Waals surface area contributed by atoms with Crippen molar-refractivity contribution in [2.45, 2.75) is 37.5 Å². The number of benzene rings is 3. The van der Waals surface area contributed by atoms with Crippen LogP contribution >= 0.6 is 0 Å². The van der Waals surface area contributed by atoms with Gasteiger partial charge in [-0.3, -0.25) is 4.98 Å². The number of rotatable bonds is 1. The SMILES string of the molecule is c1ccc2c(c1)Oc1ccc(-c3ccc4ccc5cccnc5c4n3)cc1C21CCCCC1. The highest BCUT2D eigenvalue weighted by Crippen LogP contribution is 2.55. The van der Waals surface area contributed by atoms with Crippen LogP contribution < -0.4 is 4.74 Å². The molecule has 3 aromatic carbocycles. The maximum absolute atomic E-state index is 6.39. The van der Waals surface area contributed by atoms with Crippen LogP contribution in [0, 0.1) is 0 Å². The lowest BCUT2D eigenvalue weighted by Crippen LogP contribution is -2.33. The van der Waals surface area contributed by atoms with Crippen LogP contribution in [0.5, 0.6) is 11.5 Å². The van der Waals surface area contributed by atoms with E-state index in [1.54, 1.807) is 0 Å². The maximum Gasteiger partial charge on any atom is 0.131 e. The van der Waals surface area contributed by atoms with Gasteiger partial charge in [0, 0.05) is 39.1 Å². The Labute approximate surface area is 193 Å². The molecule has 160 valence electrons. The van der Waals surface area contributed by atoms with Crippen molar-refractivity contribution in [3.05, 3.63) is 96.2 Å². The first-order chi connectivity index (χ1) is 16.3. The van der Waals surface area contributed by atoms with Gasteiger partial charge in [-0.25, -0.2) is 4.98 Å². The lowest BCUT2D eigenvalue weighted by Gasteiger charge is -2.43. The van der Waals surface area contributed by atoms with Gasteiger partial charge in [0.15, 0.2) is 0 Å². The summed E-state index contributed by atoms with van der Waals surface area (Å²) in [4.78, 5) is 9.72. The van der Waals surface area contributed by atoms with Crippen molar-refractivity contribution >= 4 is 21.8 Å². The Bertz CT molecular complexity index is 1530. The zero-order valence-electron chi connectivity index (χ0n) is 18.4. The lowest BCUT2D eigenvalue weighted by molar-refractivity contribution is 0.306. The number of nitrogens with zero attached hydrogens (tertiary/aromatic N) is 2. The number of hydrogen-bond acceptors (Lipinski definition) is 3. The Hall–Kier alpha value is -3.72. The average Bonchev–Trinajstić information content (AvgIpc) is 2.89. The summed E-state index contributed by atoms with van der Waals surface area (Å²) >= 11 is 0. The van der Waals surface area contributed by atoms with Crippen LogP contribution in [0.1, 0.15) is 43.2 Å². The van der Waals surface area contributed by atoms with Crippen LogP contribution in [-0.4, -0.2) is 9.97 Å². The number of pyridine rings is 2. The zero-order chi connectivity index (χ0) is 21.8. The van der Waals surface area contributed by atoms with Crippen molar-refractivity contribution in [2.24, 2.45) is 0 Å². The summed E-state index contributed by atoms with van der Waals surface area (Å²) in [5, 5.41) is 2.23. The molecule has 1 saturated carbocycles. The first kappa shape index (κ1) is 18.8. The Morgan fingerprint density at radius 2 is 1.45 bits per heavy atom. The highest BCUT2D eigenvalue weighted by molar-refractivity contribution is 6.03. The second kappa shape index (κ2) is 7.14. The summed E-state index contributed by atoms with van der Waals surface area (Å²) in [6.45, 7) is 0. The zero-order valence-corrected chi connectivity index (χ0v) is 18.4. The summed E-state index contributed by atoms with van der Waals surface area (Å²) in [5.41, 5.74) is 6.72. The van der Waals surface area contributed by atoms with Crippen LogP contribution in [-0.2, 0) is 5.41 Å². The predicted molar refractivity (Wildman–Crippen MR) is 133 cm³/mol. The minimum atomic E-state index is 0.0313. The van der Waals surface area contributed by atoms with E-state index in [9.17, 15) is 0 Å². The fourth-order valence-corrected chi connectivity index (χ4v) is 5.95. The number of hydrogen-bond donors (Lipinski definition) is 0. The van der Waals surface area contributed by atoms with Crippen LogP contribution in [0.2, 0.25) is 0 Å². The van der Waals surface area contributed by atoms with E-state index in [-0.39, 0.29) is 5.41 Å². The highest BCUT2D eigenvalue weighted by Gasteiger charge is 2.42. The molecule has 1 aliphatic carbocycles. The second-order valence-corrected chi connectivity index (χ2v) is 9.36. The fraction of sp³-hybridized carbons (Fsp3) is 0.200. The topological polar surface area (TPSA) is 35.0 Å². The molecule has 2 aliphatic rings. The van der Waals surface area contributed by atoms with Crippen molar-refractivity contribution in [1.29, 1.82) is 0 Å². The standard InChI is InChI=1S/C30H24N2O/c1-4-16-30(17-5-1)23-8-2-3-9-26(23)33-27-15-13-22(19-24(27)30)25-14-12-21-11-10-20-7-6-18-31-28(20)29(21)32-25/h2-3,6-15,18-19H,1,4-5,16-17H2. The molecule has 3 heteroatoms. The van der Waals surface area contributed by atoms with Gasteiger partial charge in [-0.2, -0.15) is 0 Å². The Kier molecular flexibility index (Phi) is 4.07. The molecular weight excluding hydrogens is 404 g/mol. The van der Waals surface area contributed by atoms with Crippen LogP contribution in [0.15, 0.2) is 85.1 Å². The molecule has 0 N–H and O–H groups in total. The molecule has 5 aromatic rings. The smallest absolute Gasteiger partial charge is 0.131 e. The molecule has 0 unspecified atom stereocenters. The minimum absolute atomic E-state index is 0.0313. The molecule has 0 radical (unpaired) electrons. The number of aromatic nitrogens is 2. The van der Waals surface area contributed by atoms with E-state index in [2.05, 4.69) is 77.8 Å². The summed E-state index contributed by atoms with van der Waals surface area (Å²) in [6.07, 6.45) is 8.00. The molecule has 33 heavy (non-hydrogen) atoms. The number of ether oxygens (including phenoxy) is 1. The summed E-state index contributed by atoms with van der Waals surface area (Å²) in [7, 11) is 0.